The molecule has 0 fully saturated rings. The van der Waals surface area contributed by atoms with Crippen LogP contribution in [0.2, 0.25) is 0 Å². The van der Waals surface area contributed by atoms with Gasteiger partial charge in [0.25, 0.3) is 0 Å². The van der Waals surface area contributed by atoms with Crippen molar-refractivity contribution in [2.45, 2.75) is 19.6 Å². The van der Waals surface area contributed by atoms with E-state index in [9.17, 15) is 4.39 Å². The molecule has 4 nitrogen and oxygen atoms in total. The van der Waals surface area contributed by atoms with Crippen molar-refractivity contribution in [2.24, 2.45) is 7.05 Å². The number of aromatic nitrogens is 2. The maximum absolute atomic E-state index is 13.9. The Kier molecular flexibility index (Phi) is 4.16. The summed E-state index contributed by atoms with van der Waals surface area (Å²) in [5.41, 5.74) is 1.59. The minimum absolute atomic E-state index is 0.0210. The Morgan fingerprint density at radius 1 is 1.47 bits per heavy atom. The van der Waals surface area contributed by atoms with E-state index in [2.05, 4.69) is 10.4 Å². The molecule has 1 N–H and O–H groups in total. The molecule has 5 heteroatoms. The molecular formula is C14H18FN3O. The van der Waals surface area contributed by atoms with Gasteiger partial charge >= 0.3 is 0 Å². The fourth-order valence-electron chi connectivity index (χ4n) is 1.82. The molecule has 102 valence electrons. The van der Waals surface area contributed by atoms with Crippen molar-refractivity contribution in [1.82, 2.24) is 15.1 Å². The van der Waals surface area contributed by atoms with Gasteiger partial charge in [-0.2, -0.15) is 5.10 Å². The van der Waals surface area contributed by atoms with Crippen LogP contribution in [-0.2, 0) is 13.7 Å². The highest BCUT2D eigenvalue weighted by Crippen LogP contribution is 2.22. The summed E-state index contributed by atoms with van der Waals surface area (Å²) < 4.78 is 21.1. The zero-order valence-corrected chi connectivity index (χ0v) is 11.4. The monoisotopic (exact) mass is 263 g/mol. The van der Waals surface area contributed by atoms with Crippen molar-refractivity contribution >= 4 is 0 Å². The molecule has 0 saturated heterocycles. The fourth-order valence-corrected chi connectivity index (χ4v) is 1.82. The number of halogens is 1. The van der Waals surface area contributed by atoms with Gasteiger partial charge in [-0.15, -0.1) is 0 Å². The summed E-state index contributed by atoms with van der Waals surface area (Å²) in [6, 6.07) is 4.92. The maximum atomic E-state index is 13.9. The van der Waals surface area contributed by atoms with Crippen molar-refractivity contribution < 1.29 is 9.13 Å². The molecule has 1 aromatic heterocycles. The summed E-state index contributed by atoms with van der Waals surface area (Å²) >= 11 is 0. The van der Waals surface area contributed by atoms with Crippen molar-refractivity contribution in [3.05, 3.63) is 47.5 Å². The number of aryl methyl sites for hydroxylation is 1. The van der Waals surface area contributed by atoms with Crippen LogP contribution in [0.1, 0.15) is 24.1 Å². The number of nitrogens with one attached hydrogen (secondary N) is 1. The first kappa shape index (κ1) is 13.5. The van der Waals surface area contributed by atoms with Gasteiger partial charge in [-0.25, -0.2) is 4.39 Å². The van der Waals surface area contributed by atoms with Gasteiger partial charge < -0.3 is 10.1 Å². The predicted molar refractivity (Wildman–Crippen MR) is 71.4 cm³/mol. The van der Waals surface area contributed by atoms with Crippen LogP contribution in [0.15, 0.2) is 30.6 Å². The molecule has 0 aliphatic carbocycles. The number of ether oxygens (including phenoxy) is 1. The van der Waals surface area contributed by atoms with E-state index in [1.165, 1.54) is 6.07 Å². The molecule has 1 atom stereocenters. The second-order valence-electron chi connectivity index (χ2n) is 4.50. The number of rotatable bonds is 5. The lowest BCUT2D eigenvalue weighted by molar-refractivity contribution is 0.304. The summed E-state index contributed by atoms with van der Waals surface area (Å²) in [5, 5.41) is 7.06. The topological polar surface area (TPSA) is 39.1 Å². The molecular weight excluding hydrogens is 245 g/mol. The summed E-state index contributed by atoms with van der Waals surface area (Å²) in [5.74, 6) is 0.263. The summed E-state index contributed by atoms with van der Waals surface area (Å²) in [4.78, 5) is 0. The number of hydrogen-bond acceptors (Lipinski definition) is 3. The molecule has 0 spiro atoms. The number of nitrogens with zero attached hydrogens (tertiary/aromatic N) is 2. The molecule has 2 rings (SSSR count). The van der Waals surface area contributed by atoms with E-state index in [0.717, 1.165) is 5.56 Å². The first-order chi connectivity index (χ1) is 9.10. The zero-order chi connectivity index (χ0) is 13.8. The van der Waals surface area contributed by atoms with Gasteiger partial charge in [-0.3, -0.25) is 4.68 Å². The van der Waals surface area contributed by atoms with E-state index >= 15 is 0 Å². The molecule has 0 bridgehead atoms. The third kappa shape index (κ3) is 3.32. The van der Waals surface area contributed by atoms with Crippen LogP contribution < -0.4 is 10.1 Å². The minimum atomic E-state index is -0.259. The van der Waals surface area contributed by atoms with Crippen LogP contribution in [0, 0.1) is 5.82 Å². The van der Waals surface area contributed by atoms with Gasteiger partial charge in [-0.1, -0.05) is 6.07 Å². The van der Waals surface area contributed by atoms with Gasteiger partial charge in [0.1, 0.15) is 18.2 Å². The SMILES string of the molecule is CNC(C)c1ccc(OCc2cnn(C)c2)cc1F. The van der Waals surface area contributed by atoms with E-state index in [1.54, 1.807) is 30.1 Å². The molecule has 2 aromatic rings. The van der Waals surface area contributed by atoms with Crippen molar-refractivity contribution in [1.29, 1.82) is 0 Å². The predicted octanol–water partition coefficient (Wildman–Crippen LogP) is 2.42. The Labute approximate surface area is 112 Å². The van der Waals surface area contributed by atoms with E-state index in [1.807, 2.05) is 20.2 Å². The van der Waals surface area contributed by atoms with Gasteiger partial charge in [0.05, 0.1) is 6.20 Å². The van der Waals surface area contributed by atoms with Gasteiger partial charge in [-0.05, 0) is 20.0 Å². The standard InChI is InChI=1S/C14H18FN3O/c1-10(16-2)13-5-4-12(6-14(13)15)19-9-11-7-17-18(3)8-11/h4-8,10,16H,9H2,1-3H3. The third-order valence-electron chi connectivity index (χ3n) is 3.04. The van der Waals surface area contributed by atoms with Gasteiger partial charge in [0, 0.05) is 36.5 Å². The first-order valence-electron chi connectivity index (χ1n) is 6.17. The second-order valence-corrected chi connectivity index (χ2v) is 4.50. The number of benzene rings is 1. The molecule has 1 heterocycles. The number of hydrogen-bond donors (Lipinski definition) is 1. The minimum Gasteiger partial charge on any atom is -0.489 e. The Balaban J connectivity index is 2.04. The smallest absolute Gasteiger partial charge is 0.131 e. The van der Waals surface area contributed by atoms with Gasteiger partial charge in [0.2, 0.25) is 0 Å². The Bertz CT molecular complexity index is 553. The van der Waals surface area contributed by atoms with E-state index in [-0.39, 0.29) is 11.9 Å². The van der Waals surface area contributed by atoms with Crippen LogP contribution in [0.4, 0.5) is 4.39 Å². The Hall–Kier alpha value is -1.88. The molecule has 1 unspecified atom stereocenters. The summed E-state index contributed by atoms with van der Waals surface area (Å²) in [7, 11) is 3.65. The van der Waals surface area contributed by atoms with Gasteiger partial charge in [0.15, 0.2) is 0 Å². The lowest BCUT2D eigenvalue weighted by Gasteiger charge is -2.13. The Morgan fingerprint density at radius 3 is 2.84 bits per heavy atom. The molecule has 19 heavy (non-hydrogen) atoms. The molecule has 0 aliphatic heterocycles. The van der Waals surface area contributed by atoms with E-state index in [0.29, 0.717) is 17.9 Å². The third-order valence-corrected chi connectivity index (χ3v) is 3.04. The van der Waals surface area contributed by atoms with E-state index in [4.69, 9.17) is 4.74 Å². The fraction of sp³-hybridized carbons (Fsp3) is 0.357. The van der Waals surface area contributed by atoms with E-state index < -0.39 is 0 Å². The van der Waals surface area contributed by atoms with Crippen molar-refractivity contribution in [2.75, 3.05) is 7.05 Å². The average molecular weight is 263 g/mol. The zero-order valence-electron chi connectivity index (χ0n) is 11.4. The quantitative estimate of drug-likeness (QED) is 0.900. The first-order valence-corrected chi connectivity index (χ1v) is 6.17. The maximum Gasteiger partial charge on any atom is 0.131 e. The highest BCUT2D eigenvalue weighted by Gasteiger charge is 2.10. The lowest BCUT2D eigenvalue weighted by atomic mass is 10.1. The second kappa shape index (κ2) is 5.84. The molecule has 0 amide bonds. The molecule has 0 aliphatic rings. The summed E-state index contributed by atoms with van der Waals surface area (Å²) in [6.07, 6.45) is 3.60. The van der Waals surface area contributed by atoms with Crippen LogP contribution in [-0.4, -0.2) is 16.8 Å². The molecule has 0 saturated carbocycles. The van der Waals surface area contributed by atoms with Crippen LogP contribution in [0.3, 0.4) is 0 Å². The highest BCUT2D eigenvalue weighted by atomic mass is 19.1. The molecule has 1 aromatic carbocycles. The summed E-state index contributed by atoms with van der Waals surface area (Å²) in [6.45, 7) is 2.29. The Morgan fingerprint density at radius 2 is 2.26 bits per heavy atom. The van der Waals surface area contributed by atoms with Crippen LogP contribution >= 0.6 is 0 Å². The highest BCUT2D eigenvalue weighted by molar-refractivity contribution is 5.30. The van der Waals surface area contributed by atoms with Crippen molar-refractivity contribution in [3.8, 4) is 5.75 Å². The molecule has 0 radical (unpaired) electrons. The largest absolute Gasteiger partial charge is 0.489 e. The normalized spacial score (nSPS) is 12.4. The van der Waals surface area contributed by atoms with Crippen LogP contribution in [0.5, 0.6) is 5.75 Å². The average Bonchev–Trinajstić information content (AvgIpc) is 2.81. The lowest BCUT2D eigenvalue weighted by Crippen LogP contribution is -2.13. The van der Waals surface area contributed by atoms with Crippen LogP contribution in [0.25, 0.3) is 0 Å². The van der Waals surface area contributed by atoms with Crippen molar-refractivity contribution in [3.63, 3.8) is 0 Å².